The molecule has 0 heterocycles. The molecule has 0 spiro atoms. The monoisotopic (exact) mass is 428 g/mol. The number of carbonyl (C=O) groups excluding carboxylic acids is 4. The van der Waals surface area contributed by atoms with Crippen molar-refractivity contribution in [3.8, 4) is 0 Å². The second-order valence-corrected chi connectivity index (χ2v) is 6.77. The Kier molecular flexibility index (Phi) is 14.3. The molecule has 0 saturated carbocycles. The highest BCUT2D eigenvalue weighted by molar-refractivity contribution is 5.89. The summed E-state index contributed by atoms with van der Waals surface area (Å²) >= 11 is 0. The van der Waals surface area contributed by atoms with E-state index in [9.17, 15) is 19.2 Å². The maximum absolute atomic E-state index is 11.9. The van der Waals surface area contributed by atoms with E-state index in [4.69, 9.17) is 17.4 Å². The average Bonchev–Trinajstić information content (AvgIpc) is 2.74. The maximum Gasteiger partial charge on any atom is 0.305 e. The summed E-state index contributed by atoms with van der Waals surface area (Å²) < 4.78 is 12.0. The van der Waals surface area contributed by atoms with Crippen LogP contribution in [0.25, 0.3) is 10.4 Å². The normalized spacial score (nSPS) is 12.6. The van der Waals surface area contributed by atoms with Crippen LogP contribution in [0.1, 0.15) is 58.3 Å². The Morgan fingerprint density at radius 3 is 2.60 bits per heavy atom. The summed E-state index contributed by atoms with van der Waals surface area (Å²) in [5, 5.41) is 8.51. The van der Waals surface area contributed by atoms with E-state index in [1.807, 2.05) is 5.73 Å². The average molecular weight is 429 g/mol. The van der Waals surface area contributed by atoms with Crippen molar-refractivity contribution in [1.82, 2.24) is 10.6 Å². The molecule has 3 amide bonds. The van der Waals surface area contributed by atoms with Gasteiger partial charge < -0.3 is 26.8 Å². The van der Waals surface area contributed by atoms with Crippen LogP contribution in [0.5, 0.6) is 0 Å². The molecule has 0 fully saturated rings. The van der Waals surface area contributed by atoms with E-state index >= 15 is 0 Å². The van der Waals surface area contributed by atoms with Crippen molar-refractivity contribution in [2.45, 2.75) is 70.4 Å². The first-order valence-electron chi connectivity index (χ1n) is 10.5. The van der Waals surface area contributed by atoms with Crippen LogP contribution >= 0.6 is 0 Å². The van der Waals surface area contributed by atoms with Gasteiger partial charge in [-0.05, 0) is 44.6 Å². The second-order valence-electron chi connectivity index (χ2n) is 6.77. The van der Waals surface area contributed by atoms with E-state index < -0.39 is 23.9 Å². The van der Waals surface area contributed by atoms with Gasteiger partial charge in [0.25, 0.3) is 0 Å². The molecule has 12 nitrogen and oxygen atoms in total. The summed E-state index contributed by atoms with van der Waals surface area (Å²) in [6, 6.07) is -1.80. The van der Waals surface area contributed by atoms with E-state index in [1.54, 1.807) is 0 Å². The highest BCUT2D eigenvalue weighted by Gasteiger charge is 2.20. The van der Waals surface area contributed by atoms with Crippen LogP contribution in [0, 0.1) is 0 Å². The standard InChI is InChI=1S/C18H33N7O5/c1-13(19)18(29)24-14(17(20)28)8-9-15(26)22-10-4-2-3-7-16(27)30-12-6-5-11-23-25-21/h13-14H,2-12,19H2,1H3,(H2,20,28)(H,22,26)(H,24,29)/t13-,14-/m0/s1/i/hD. The Labute approximate surface area is 177 Å². The summed E-state index contributed by atoms with van der Waals surface area (Å²) in [5.41, 5.74) is 15.4. The number of azide groups is 1. The molecular weight excluding hydrogens is 394 g/mol. The number of ether oxygens (including phenoxy) is 1. The third-order valence-corrected chi connectivity index (χ3v) is 4.07. The fraction of sp³-hybridized carbons (Fsp3) is 0.778. The number of unbranched alkanes of at least 4 members (excludes halogenated alkanes) is 3. The predicted molar refractivity (Wildman–Crippen MR) is 110 cm³/mol. The number of esters is 1. The largest absolute Gasteiger partial charge is 0.466 e. The molecule has 0 aliphatic carbocycles. The molecule has 0 aliphatic rings. The Balaban J connectivity index is 3.82. The number of carbonyl (C=O) groups is 4. The molecule has 0 aromatic heterocycles. The van der Waals surface area contributed by atoms with Gasteiger partial charge in [-0.25, -0.2) is 0 Å². The van der Waals surface area contributed by atoms with Gasteiger partial charge in [0.2, 0.25) is 17.7 Å². The molecule has 0 bridgehead atoms. The third kappa shape index (κ3) is 15.1. The first-order valence-corrected chi connectivity index (χ1v) is 10.0. The molecule has 0 unspecified atom stereocenters. The zero-order valence-corrected chi connectivity index (χ0v) is 17.4. The van der Waals surface area contributed by atoms with E-state index in [-0.39, 0.29) is 24.7 Å². The molecule has 30 heavy (non-hydrogen) atoms. The van der Waals surface area contributed by atoms with Gasteiger partial charge in [-0.2, -0.15) is 0 Å². The minimum Gasteiger partial charge on any atom is -0.466 e. The van der Waals surface area contributed by atoms with Crippen LogP contribution in [0.4, 0.5) is 0 Å². The fourth-order valence-corrected chi connectivity index (χ4v) is 2.33. The van der Waals surface area contributed by atoms with Crippen molar-refractivity contribution in [1.29, 1.82) is 0 Å². The van der Waals surface area contributed by atoms with Gasteiger partial charge in [-0.3, -0.25) is 19.2 Å². The molecule has 6 N–H and O–H groups in total. The number of primary amides is 1. The van der Waals surface area contributed by atoms with Gasteiger partial charge in [0, 0.05) is 30.8 Å². The van der Waals surface area contributed by atoms with Crippen molar-refractivity contribution < 1.29 is 25.3 Å². The SMILES string of the molecule is [2H]N[C@@H](C)C(=O)N[C@@H](CCC(=O)NCCCCCC(=O)OCCCCN=[N+]=[N-])C(N)=O. The van der Waals surface area contributed by atoms with Crippen molar-refractivity contribution in [2.75, 3.05) is 19.7 Å². The van der Waals surface area contributed by atoms with Gasteiger partial charge in [0.05, 0.1) is 12.6 Å². The van der Waals surface area contributed by atoms with Crippen molar-refractivity contribution >= 4 is 23.7 Å². The number of nitrogens with two attached hydrogens (primary N) is 2. The molecule has 0 rings (SSSR count). The summed E-state index contributed by atoms with van der Waals surface area (Å²) in [4.78, 5) is 49.2. The number of nitrogens with zero attached hydrogens (tertiary/aromatic N) is 3. The quantitative estimate of drug-likeness (QED) is 0.0798. The van der Waals surface area contributed by atoms with Gasteiger partial charge >= 0.3 is 5.97 Å². The lowest BCUT2D eigenvalue weighted by molar-refractivity contribution is -0.144. The molecule has 0 aromatic rings. The molecule has 0 aromatic carbocycles. The number of nitrogens with one attached hydrogen (secondary N) is 2. The van der Waals surface area contributed by atoms with Crippen molar-refractivity contribution in [3.63, 3.8) is 0 Å². The Hall–Kier alpha value is -2.85. The van der Waals surface area contributed by atoms with Crippen molar-refractivity contribution in [2.24, 2.45) is 16.6 Å². The highest BCUT2D eigenvalue weighted by Crippen LogP contribution is 2.03. The number of amides is 3. The number of rotatable bonds is 18. The highest BCUT2D eigenvalue weighted by atomic mass is 16.5. The molecule has 170 valence electrons. The molecule has 12 heteroatoms. The lowest BCUT2D eigenvalue weighted by Crippen LogP contribution is -2.49. The fourth-order valence-electron chi connectivity index (χ4n) is 2.33. The number of hydrogen-bond donors (Lipinski definition) is 4. The minimum absolute atomic E-state index is 0.0164. The number of hydrogen-bond acceptors (Lipinski definition) is 7. The van der Waals surface area contributed by atoms with Crippen LogP contribution in [0.3, 0.4) is 0 Å². The van der Waals surface area contributed by atoms with Crippen LogP contribution in [-0.4, -0.2) is 55.5 Å². The molecule has 0 saturated heterocycles. The maximum atomic E-state index is 11.9. The Morgan fingerprint density at radius 1 is 1.17 bits per heavy atom. The lowest BCUT2D eigenvalue weighted by atomic mass is 10.1. The Morgan fingerprint density at radius 2 is 1.93 bits per heavy atom. The summed E-state index contributed by atoms with van der Waals surface area (Å²) in [7, 11) is 0. The molecule has 0 radical (unpaired) electrons. The van der Waals surface area contributed by atoms with Gasteiger partial charge in [-0.15, -0.1) is 0 Å². The summed E-state index contributed by atoms with van der Waals surface area (Å²) in [6.07, 6.45) is 3.77. The van der Waals surface area contributed by atoms with Gasteiger partial charge in [-0.1, -0.05) is 11.5 Å². The Bertz CT molecular complexity index is 628. The van der Waals surface area contributed by atoms with Crippen LogP contribution in [-0.2, 0) is 23.9 Å². The molecule has 2 atom stereocenters. The predicted octanol–water partition coefficient (Wildman–Crippen LogP) is 0.394. The van der Waals surface area contributed by atoms with Crippen LogP contribution in [0.15, 0.2) is 5.11 Å². The van der Waals surface area contributed by atoms with E-state index in [2.05, 4.69) is 20.7 Å². The summed E-state index contributed by atoms with van der Waals surface area (Å²) in [6.45, 7) is 2.59. The van der Waals surface area contributed by atoms with E-state index in [0.717, 1.165) is 6.42 Å². The molecule has 0 aliphatic heterocycles. The smallest absolute Gasteiger partial charge is 0.305 e. The third-order valence-electron chi connectivity index (χ3n) is 4.07. The van der Waals surface area contributed by atoms with Crippen LogP contribution in [0.2, 0.25) is 1.41 Å². The topological polar surface area (TPSA) is 202 Å². The zero-order valence-electron chi connectivity index (χ0n) is 18.4. The molecular formula is C18H33N7O5. The van der Waals surface area contributed by atoms with E-state index in [1.165, 1.54) is 6.92 Å². The minimum atomic E-state index is -0.987. The first kappa shape index (κ1) is 25.2. The summed E-state index contributed by atoms with van der Waals surface area (Å²) in [5.74, 6) is -1.85. The first-order chi connectivity index (χ1) is 14.8. The zero-order chi connectivity index (χ0) is 23.5. The van der Waals surface area contributed by atoms with Gasteiger partial charge in [0.15, 0.2) is 0 Å². The van der Waals surface area contributed by atoms with Crippen LogP contribution < -0.4 is 22.1 Å². The van der Waals surface area contributed by atoms with Gasteiger partial charge in [0.1, 0.15) is 7.45 Å². The second kappa shape index (κ2) is 17.0. The lowest BCUT2D eigenvalue weighted by Gasteiger charge is -2.16. The van der Waals surface area contributed by atoms with E-state index in [0.29, 0.717) is 51.8 Å². The van der Waals surface area contributed by atoms with Crippen molar-refractivity contribution in [3.05, 3.63) is 10.4 Å².